The third-order valence-corrected chi connectivity index (χ3v) is 4.22. The van der Waals surface area contributed by atoms with Gasteiger partial charge in [0.1, 0.15) is 17.9 Å². The minimum absolute atomic E-state index is 0.358. The van der Waals surface area contributed by atoms with Gasteiger partial charge in [0.2, 0.25) is 0 Å². The first-order valence-corrected chi connectivity index (χ1v) is 7.67. The van der Waals surface area contributed by atoms with Gasteiger partial charge >= 0.3 is 5.97 Å². The molecule has 0 atom stereocenters. The highest BCUT2D eigenvalue weighted by molar-refractivity contribution is 5.92. The van der Waals surface area contributed by atoms with Gasteiger partial charge in [-0.2, -0.15) is 0 Å². The molecule has 0 heterocycles. The summed E-state index contributed by atoms with van der Waals surface area (Å²) in [4.78, 5) is 11.9. The van der Waals surface area contributed by atoms with Gasteiger partial charge in [0.25, 0.3) is 0 Å². The van der Waals surface area contributed by atoms with Crippen LogP contribution in [-0.2, 0) is 11.3 Å². The van der Waals surface area contributed by atoms with Gasteiger partial charge < -0.3 is 9.47 Å². The van der Waals surface area contributed by atoms with Crippen LogP contribution in [0, 0.1) is 0 Å². The van der Waals surface area contributed by atoms with Gasteiger partial charge in [0, 0.05) is 0 Å². The minimum atomic E-state index is -0.358. The van der Waals surface area contributed by atoms with E-state index in [4.69, 9.17) is 9.47 Å². The van der Waals surface area contributed by atoms with Crippen LogP contribution in [-0.4, -0.2) is 13.1 Å². The normalized spacial score (nSPS) is 14.2. The molecule has 2 aromatic carbocycles. The molecule has 0 amide bonds. The predicted octanol–water partition coefficient (Wildman–Crippen LogP) is 4.32. The summed E-state index contributed by atoms with van der Waals surface area (Å²) in [5, 5.41) is 0. The van der Waals surface area contributed by atoms with Crippen molar-refractivity contribution in [3.8, 4) is 5.75 Å². The molecule has 3 nitrogen and oxygen atoms in total. The van der Waals surface area contributed by atoms with Gasteiger partial charge in [0.15, 0.2) is 0 Å². The molecule has 1 aliphatic rings. The van der Waals surface area contributed by atoms with E-state index in [-0.39, 0.29) is 5.97 Å². The first-order valence-electron chi connectivity index (χ1n) is 7.67. The molecule has 3 heteroatoms. The molecule has 0 aromatic heterocycles. The van der Waals surface area contributed by atoms with Crippen LogP contribution in [0.15, 0.2) is 48.5 Å². The lowest BCUT2D eigenvalue weighted by atomic mass is 9.80. The maximum absolute atomic E-state index is 11.9. The smallest absolute Gasteiger partial charge is 0.341 e. The average Bonchev–Trinajstić information content (AvgIpc) is 2.52. The zero-order chi connectivity index (χ0) is 15.4. The fourth-order valence-corrected chi connectivity index (χ4v) is 2.67. The number of rotatable bonds is 5. The summed E-state index contributed by atoms with van der Waals surface area (Å²) < 4.78 is 10.8. The fraction of sp³-hybridized carbons (Fsp3) is 0.316. The second kappa shape index (κ2) is 6.65. The molecule has 22 heavy (non-hydrogen) atoms. The highest BCUT2D eigenvalue weighted by atomic mass is 16.5. The Kier molecular flexibility index (Phi) is 4.42. The Morgan fingerprint density at radius 1 is 1.14 bits per heavy atom. The van der Waals surface area contributed by atoms with Crippen molar-refractivity contribution >= 4 is 5.97 Å². The molecule has 2 aromatic rings. The van der Waals surface area contributed by atoms with Crippen LogP contribution in [0.5, 0.6) is 5.75 Å². The topological polar surface area (TPSA) is 35.5 Å². The molecule has 3 rings (SSSR count). The van der Waals surface area contributed by atoms with E-state index >= 15 is 0 Å². The molecule has 0 saturated heterocycles. The van der Waals surface area contributed by atoms with Gasteiger partial charge in [-0.15, -0.1) is 0 Å². The Bertz CT molecular complexity index is 645. The van der Waals surface area contributed by atoms with E-state index in [1.807, 2.05) is 48.5 Å². The van der Waals surface area contributed by atoms with E-state index in [0.717, 1.165) is 5.56 Å². The van der Waals surface area contributed by atoms with E-state index in [1.54, 1.807) is 0 Å². The molecule has 0 radical (unpaired) electrons. The maximum atomic E-state index is 11.9. The standard InChI is InChI=1S/C19H20O3/c1-21-19(20)17-11-10-16(15-8-5-9-15)12-18(17)22-13-14-6-3-2-4-7-14/h2-4,6-7,10-12,15H,5,8-9,13H2,1H3. The van der Waals surface area contributed by atoms with E-state index < -0.39 is 0 Å². The van der Waals surface area contributed by atoms with Crippen LogP contribution in [0.1, 0.15) is 46.7 Å². The van der Waals surface area contributed by atoms with Crippen molar-refractivity contribution < 1.29 is 14.3 Å². The van der Waals surface area contributed by atoms with Crippen LogP contribution in [0.4, 0.5) is 0 Å². The Hall–Kier alpha value is -2.29. The average molecular weight is 296 g/mol. The molecule has 0 unspecified atom stereocenters. The molecular weight excluding hydrogens is 276 g/mol. The number of esters is 1. The van der Waals surface area contributed by atoms with E-state index in [2.05, 4.69) is 0 Å². The highest BCUT2D eigenvalue weighted by Crippen LogP contribution is 2.38. The van der Waals surface area contributed by atoms with Gasteiger partial charge in [-0.3, -0.25) is 0 Å². The number of hydrogen-bond donors (Lipinski definition) is 0. The van der Waals surface area contributed by atoms with Gasteiger partial charge in [-0.25, -0.2) is 4.79 Å². The van der Waals surface area contributed by atoms with Crippen LogP contribution in [0.25, 0.3) is 0 Å². The zero-order valence-electron chi connectivity index (χ0n) is 12.7. The van der Waals surface area contributed by atoms with Gasteiger partial charge in [0.05, 0.1) is 7.11 Å². The second-order valence-corrected chi connectivity index (χ2v) is 5.65. The van der Waals surface area contributed by atoms with Gasteiger partial charge in [-0.05, 0) is 42.0 Å². The van der Waals surface area contributed by atoms with Crippen molar-refractivity contribution in [2.45, 2.75) is 31.8 Å². The van der Waals surface area contributed by atoms with E-state index in [0.29, 0.717) is 23.8 Å². The molecule has 1 saturated carbocycles. The lowest BCUT2D eigenvalue weighted by Crippen LogP contribution is -2.11. The molecule has 1 fully saturated rings. The van der Waals surface area contributed by atoms with Crippen LogP contribution < -0.4 is 4.74 Å². The summed E-state index contributed by atoms with van der Waals surface area (Å²) in [6, 6.07) is 15.8. The third kappa shape index (κ3) is 3.14. The lowest BCUT2D eigenvalue weighted by Gasteiger charge is -2.26. The summed E-state index contributed by atoms with van der Waals surface area (Å²) in [6.07, 6.45) is 3.72. The summed E-state index contributed by atoms with van der Waals surface area (Å²) >= 11 is 0. The molecule has 0 aliphatic heterocycles. The summed E-state index contributed by atoms with van der Waals surface area (Å²) in [5.41, 5.74) is 2.82. The van der Waals surface area contributed by atoms with Crippen LogP contribution >= 0.6 is 0 Å². The first kappa shape index (κ1) is 14.6. The molecule has 1 aliphatic carbocycles. The summed E-state index contributed by atoms with van der Waals surface area (Å²) in [7, 11) is 1.39. The van der Waals surface area contributed by atoms with E-state index in [9.17, 15) is 4.79 Å². The Morgan fingerprint density at radius 2 is 1.91 bits per heavy atom. The molecule has 0 spiro atoms. The monoisotopic (exact) mass is 296 g/mol. The number of carbonyl (C=O) groups excluding carboxylic acids is 1. The third-order valence-electron chi connectivity index (χ3n) is 4.22. The predicted molar refractivity (Wildman–Crippen MR) is 85.1 cm³/mol. The van der Waals surface area contributed by atoms with Crippen molar-refractivity contribution in [3.05, 3.63) is 65.2 Å². The Labute approximate surface area is 130 Å². The highest BCUT2D eigenvalue weighted by Gasteiger charge is 2.22. The van der Waals surface area contributed by atoms with Crippen molar-refractivity contribution in [2.75, 3.05) is 7.11 Å². The molecule has 114 valence electrons. The van der Waals surface area contributed by atoms with Crippen molar-refractivity contribution in [1.29, 1.82) is 0 Å². The number of ether oxygens (including phenoxy) is 2. The fourth-order valence-electron chi connectivity index (χ4n) is 2.67. The van der Waals surface area contributed by atoms with Gasteiger partial charge in [-0.1, -0.05) is 42.8 Å². The lowest BCUT2D eigenvalue weighted by molar-refractivity contribution is 0.0595. The number of hydrogen-bond acceptors (Lipinski definition) is 3. The number of carbonyl (C=O) groups is 1. The quantitative estimate of drug-likeness (QED) is 0.771. The van der Waals surface area contributed by atoms with Crippen molar-refractivity contribution in [1.82, 2.24) is 0 Å². The largest absolute Gasteiger partial charge is 0.488 e. The minimum Gasteiger partial charge on any atom is -0.488 e. The van der Waals surface area contributed by atoms with Crippen LogP contribution in [0.2, 0.25) is 0 Å². The molecular formula is C19H20O3. The Balaban J connectivity index is 1.83. The first-order chi connectivity index (χ1) is 10.8. The zero-order valence-corrected chi connectivity index (χ0v) is 12.7. The SMILES string of the molecule is COC(=O)c1ccc(C2CCC2)cc1OCc1ccccc1. The Morgan fingerprint density at radius 3 is 2.55 bits per heavy atom. The second-order valence-electron chi connectivity index (χ2n) is 5.65. The van der Waals surface area contributed by atoms with Crippen molar-refractivity contribution in [3.63, 3.8) is 0 Å². The van der Waals surface area contributed by atoms with E-state index in [1.165, 1.54) is 31.9 Å². The number of methoxy groups -OCH3 is 1. The van der Waals surface area contributed by atoms with Crippen LogP contribution in [0.3, 0.4) is 0 Å². The number of benzene rings is 2. The maximum Gasteiger partial charge on any atom is 0.341 e. The summed E-state index contributed by atoms with van der Waals surface area (Å²) in [6.45, 7) is 0.443. The summed E-state index contributed by atoms with van der Waals surface area (Å²) in [5.74, 6) is 0.856. The van der Waals surface area contributed by atoms with Crippen molar-refractivity contribution in [2.24, 2.45) is 0 Å². The molecule has 0 N–H and O–H groups in total. The molecule has 0 bridgehead atoms.